The van der Waals surface area contributed by atoms with Crippen molar-refractivity contribution in [1.82, 2.24) is 5.32 Å². The molecule has 0 unspecified atom stereocenters. The van der Waals surface area contributed by atoms with Crippen LogP contribution < -0.4 is 14.8 Å². The third-order valence-corrected chi connectivity index (χ3v) is 4.41. The number of rotatable bonds is 9. The predicted octanol–water partition coefficient (Wildman–Crippen LogP) is 5.23. The first-order chi connectivity index (χ1) is 11.6. The summed E-state index contributed by atoms with van der Waals surface area (Å²) in [6.45, 7) is 4.43. The maximum Gasteiger partial charge on any atom is 0.175 e. The molecule has 0 aromatic heterocycles. The Hall–Kier alpha value is -1.23. The minimum Gasteiger partial charge on any atom is -0.493 e. The third kappa shape index (κ3) is 5.69. The first-order valence-corrected chi connectivity index (χ1v) is 9.25. The first kappa shape index (κ1) is 19.1. The molecular formula is C19H23BrClNO2. The maximum atomic E-state index is 5.90. The Morgan fingerprint density at radius 1 is 1.12 bits per heavy atom. The number of benzene rings is 2. The van der Waals surface area contributed by atoms with Gasteiger partial charge < -0.3 is 14.8 Å². The summed E-state index contributed by atoms with van der Waals surface area (Å²) in [6.07, 6.45) is 1.93. The van der Waals surface area contributed by atoms with Gasteiger partial charge in [0.1, 0.15) is 0 Å². The Bertz CT molecular complexity index is 647. The highest BCUT2D eigenvalue weighted by atomic mass is 79.9. The van der Waals surface area contributed by atoms with Gasteiger partial charge in [-0.3, -0.25) is 0 Å². The van der Waals surface area contributed by atoms with Crippen LogP contribution in [0.5, 0.6) is 11.5 Å². The van der Waals surface area contributed by atoms with Crippen LogP contribution in [0.4, 0.5) is 0 Å². The quantitative estimate of drug-likeness (QED) is 0.572. The summed E-state index contributed by atoms with van der Waals surface area (Å²) in [5, 5.41) is 4.23. The summed E-state index contributed by atoms with van der Waals surface area (Å²) < 4.78 is 12.1. The zero-order valence-corrected chi connectivity index (χ0v) is 16.4. The molecule has 24 heavy (non-hydrogen) atoms. The monoisotopic (exact) mass is 411 g/mol. The highest BCUT2D eigenvalue weighted by molar-refractivity contribution is 9.10. The molecule has 0 bridgehead atoms. The molecule has 0 radical (unpaired) electrons. The molecule has 0 saturated heterocycles. The number of hydrogen-bond donors (Lipinski definition) is 1. The van der Waals surface area contributed by atoms with Crippen LogP contribution in [0.1, 0.15) is 24.5 Å². The molecule has 0 aliphatic carbocycles. The summed E-state index contributed by atoms with van der Waals surface area (Å²) >= 11 is 9.47. The van der Waals surface area contributed by atoms with Crippen LogP contribution in [-0.2, 0) is 13.0 Å². The topological polar surface area (TPSA) is 30.5 Å². The van der Waals surface area contributed by atoms with E-state index in [-0.39, 0.29) is 0 Å². The van der Waals surface area contributed by atoms with Crippen LogP contribution in [0.25, 0.3) is 0 Å². The van der Waals surface area contributed by atoms with Gasteiger partial charge in [0.15, 0.2) is 11.5 Å². The normalized spacial score (nSPS) is 10.7. The standard InChI is InChI=1S/C19H23BrClNO2/c1-3-10-24-19-17(20)11-15(12-18(19)23-2)13-22-9-8-14-4-6-16(21)7-5-14/h4-7,11-12,22H,3,8-10,13H2,1-2H3. The second-order valence-corrected chi connectivity index (χ2v) is 6.80. The van der Waals surface area contributed by atoms with Crippen LogP contribution in [0.2, 0.25) is 5.02 Å². The van der Waals surface area contributed by atoms with E-state index in [9.17, 15) is 0 Å². The maximum absolute atomic E-state index is 5.90. The van der Waals surface area contributed by atoms with Gasteiger partial charge in [0.05, 0.1) is 18.2 Å². The van der Waals surface area contributed by atoms with Gasteiger partial charge in [-0.1, -0.05) is 30.7 Å². The van der Waals surface area contributed by atoms with Crippen molar-refractivity contribution < 1.29 is 9.47 Å². The molecule has 0 amide bonds. The van der Waals surface area contributed by atoms with Crippen molar-refractivity contribution in [1.29, 1.82) is 0 Å². The van der Waals surface area contributed by atoms with Crippen LogP contribution in [0, 0.1) is 0 Å². The van der Waals surface area contributed by atoms with Crippen molar-refractivity contribution in [2.45, 2.75) is 26.3 Å². The van der Waals surface area contributed by atoms with E-state index < -0.39 is 0 Å². The van der Waals surface area contributed by atoms with Crippen molar-refractivity contribution >= 4 is 27.5 Å². The van der Waals surface area contributed by atoms with Gasteiger partial charge in [-0.25, -0.2) is 0 Å². The summed E-state index contributed by atoms with van der Waals surface area (Å²) in [5.74, 6) is 1.52. The minimum absolute atomic E-state index is 0.674. The van der Waals surface area contributed by atoms with Crippen molar-refractivity contribution in [3.8, 4) is 11.5 Å². The van der Waals surface area contributed by atoms with Crippen molar-refractivity contribution in [3.05, 3.63) is 57.0 Å². The average Bonchev–Trinajstić information content (AvgIpc) is 2.59. The summed E-state index contributed by atoms with van der Waals surface area (Å²) in [6, 6.07) is 12.1. The fraction of sp³-hybridized carbons (Fsp3) is 0.368. The van der Waals surface area contributed by atoms with Gasteiger partial charge >= 0.3 is 0 Å². The highest BCUT2D eigenvalue weighted by Crippen LogP contribution is 2.36. The summed E-state index contributed by atoms with van der Waals surface area (Å²) in [4.78, 5) is 0. The van der Waals surface area contributed by atoms with E-state index in [2.05, 4.69) is 46.4 Å². The minimum atomic E-state index is 0.674. The molecule has 0 spiro atoms. The van der Waals surface area contributed by atoms with Gasteiger partial charge in [-0.2, -0.15) is 0 Å². The Morgan fingerprint density at radius 3 is 2.54 bits per heavy atom. The van der Waals surface area contributed by atoms with E-state index in [0.29, 0.717) is 6.61 Å². The van der Waals surface area contributed by atoms with Crippen LogP contribution in [0.15, 0.2) is 40.9 Å². The van der Waals surface area contributed by atoms with Gasteiger partial charge in [-0.05, 0) is 70.7 Å². The summed E-state index contributed by atoms with van der Waals surface area (Å²) in [5.41, 5.74) is 2.42. The molecule has 2 aromatic rings. The molecule has 0 heterocycles. The fourth-order valence-electron chi connectivity index (χ4n) is 2.34. The highest BCUT2D eigenvalue weighted by Gasteiger charge is 2.11. The van der Waals surface area contributed by atoms with Gasteiger partial charge in [0, 0.05) is 11.6 Å². The van der Waals surface area contributed by atoms with Crippen molar-refractivity contribution in [2.75, 3.05) is 20.3 Å². The molecular weight excluding hydrogens is 390 g/mol. The lowest BCUT2D eigenvalue weighted by Gasteiger charge is -2.14. The molecule has 3 nitrogen and oxygen atoms in total. The Balaban J connectivity index is 1.90. The number of methoxy groups -OCH3 is 1. The van der Waals surface area contributed by atoms with Crippen LogP contribution in [0.3, 0.4) is 0 Å². The number of hydrogen-bond acceptors (Lipinski definition) is 3. The fourth-order valence-corrected chi connectivity index (χ4v) is 3.07. The van der Waals surface area contributed by atoms with Gasteiger partial charge in [0.25, 0.3) is 0 Å². The Labute approximate surface area is 157 Å². The number of ether oxygens (including phenoxy) is 2. The van der Waals surface area contributed by atoms with Gasteiger partial charge in [0.2, 0.25) is 0 Å². The lowest BCUT2D eigenvalue weighted by molar-refractivity contribution is 0.292. The molecule has 2 aromatic carbocycles. The molecule has 0 fully saturated rings. The molecule has 0 atom stereocenters. The lowest BCUT2D eigenvalue weighted by atomic mass is 10.1. The lowest BCUT2D eigenvalue weighted by Crippen LogP contribution is -2.16. The predicted molar refractivity (Wildman–Crippen MR) is 103 cm³/mol. The first-order valence-electron chi connectivity index (χ1n) is 8.08. The van der Waals surface area contributed by atoms with Crippen LogP contribution in [-0.4, -0.2) is 20.3 Å². The van der Waals surface area contributed by atoms with E-state index >= 15 is 0 Å². The second-order valence-electron chi connectivity index (χ2n) is 5.51. The van der Waals surface area contributed by atoms with Crippen molar-refractivity contribution in [2.24, 2.45) is 0 Å². The third-order valence-electron chi connectivity index (χ3n) is 3.57. The number of halogens is 2. The molecule has 1 N–H and O–H groups in total. The molecule has 5 heteroatoms. The molecule has 2 rings (SSSR count). The molecule has 0 saturated carbocycles. The van der Waals surface area contributed by atoms with Gasteiger partial charge in [-0.15, -0.1) is 0 Å². The zero-order chi connectivity index (χ0) is 17.4. The molecule has 0 aliphatic heterocycles. The van der Waals surface area contributed by atoms with E-state index in [0.717, 1.165) is 52.5 Å². The number of nitrogens with one attached hydrogen (secondary N) is 1. The largest absolute Gasteiger partial charge is 0.493 e. The Kier molecular flexibility index (Phi) is 7.89. The average molecular weight is 413 g/mol. The van der Waals surface area contributed by atoms with E-state index in [1.807, 2.05) is 18.2 Å². The van der Waals surface area contributed by atoms with E-state index in [1.54, 1.807) is 7.11 Å². The zero-order valence-electron chi connectivity index (χ0n) is 14.1. The van der Waals surface area contributed by atoms with Crippen LogP contribution >= 0.6 is 27.5 Å². The summed E-state index contributed by atoms with van der Waals surface area (Å²) in [7, 11) is 1.67. The van der Waals surface area contributed by atoms with E-state index in [1.165, 1.54) is 5.56 Å². The second kappa shape index (κ2) is 9.92. The van der Waals surface area contributed by atoms with Crippen molar-refractivity contribution in [3.63, 3.8) is 0 Å². The molecule has 0 aliphatic rings. The smallest absolute Gasteiger partial charge is 0.175 e. The molecule has 130 valence electrons. The van der Waals surface area contributed by atoms with E-state index in [4.69, 9.17) is 21.1 Å². The Morgan fingerprint density at radius 2 is 1.88 bits per heavy atom. The SMILES string of the molecule is CCCOc1c(Br)cc(CNCCc2ccc(Cl)cc2)cc1OC.